The van der Waals surface area contributed by atoms with Gasteiger partial charge in [0.2, 0.25) is 5.91 Å². The van der Waals surface area contributed by atoms with E-state index in [-0.39, 0.29) is 18.5 Å². The molecule has 0 spiro atoms. The molecule has 0 aliphatic rings. The fourth-order valence-corrected chi connectivity index (χ4v) is 9.99. The maximum absolute atomic E-state index is 12.5. The number of ether oxygens (including phenoxy) is 1. The quantitative estimate of drug-likeness (QED) is 0.0321. The number of unbranched alkanes of at least 4 members (excludes halogenated alkanes) is 48. The van der Waals surface area contributed by atoms with Gasteiger partial charge in [0.05, 0.1) is 25.4 Å². The molecule has 0 saturated carbocycles. The van der Waals surface area contributed by atoms with E-state index in [0.717, 1.165) is 38.5 Å². The topological polar surface area (TPSA) is 95.9 Å². The lowest BCUT2D eigenvalue weighted by molar-refractivity contribution is -0.143. The predicted octanol–water partition coefficient (Wildman–Crippen LogP) is 19.6. The smallest absolute Gasteiger partial charge is 0.305 e. The highest BCUT2D eigenvalue weighted by Crippen LogP contribution is 2.18. The Bertz CT molecular complexity index is 1030. The first-order valence-corrected chi connectivity index (χ1v) is 31.5. The fraction of sp³-hybridized carbons (Fsp3) is 0.937. The Morgan fingerprint density at radius 1 is 0.391 bits per heavy atom. The summed E-state index contributed by atoms with van der Waals surface area (Å²) in [4.78, 5) is 24.6. The van der Waals surface area contributed by atoms with Gasteiger partial charge in [-0.3, -0.25) is 9.59 Å². The molecule has 410 valence electrons. The molecule has 6 heteroatoms. The zero-order valence-electron chi connectivity index (χ0n) is 46.8. The lowest BCUT2D eigenvalue weighted by Crippen LogP contribution is -2.45. The SMILES string of the molecule is CCCCCCCCCCCCCCCCCC/C=C/C(O)C(CO)NC(=O)CCCCCCCCCCCCCCCCCCCCOC(=O)CCCCCCCCCCCCCCCCCC. The van der Waals surface area contributed by atoms with E-state index in [2.05, 4.69) is 19.2 Å². The van der Waals surface area contributed by atoms with Crippen LogP contribution in [0.1, 0.15) is 354 Å². The highest BCUT2D eigenvalue weighted by Gasteiger charge is 2.18. The lowest BCUT2D eigenvalue weighted by atomic mass is 10.0. The first-order chi connectivity index (χ1) is 34.0. The first-order valence-electron chi connectivity index (χ1n) is 31.5. The van der Waals surface area contributed by atoms with Crippen molar-refractivity contribution < 1.29 is 24.5 Å². The van der Waals surface area contributed by atoms with Crippen LogP contribution < -0.4 is 5.32 Å². The molecule has 2 unspecified atom stereocenters. The third kappa shape index (κ3) is 55.8. The second-order valence-electron chi connectivity index (χ2n) is 21.8. The summed E-state index contributed by atoms with van der Waals surface area (Å²) in [6.45, 7) is 4.93. The molecule has 0 aromatic rings. The van der Waals surface area contributed by atoms with Crippen LogP contribution in [-0.2, 0) is 14.3 Å². The van der Waals surface area contributed by atoms with E-state index in [1.54, 1.807) is 6.08 Å². The van der Waals surface area contributed by atoms with Gasteiger partial charge in [0.15, 0.2) is 0 Å². The highest BCUT2D eigenvalue weighted by atomic mass is 16.5. The summed E-state index contributed by atoms with van der Waals surface area (Å²) in [7, 11) is 0. The molecule has 0 aliphatic carbocycles. The van der Waals surface area contributed by atoms with Crippen molar-refractivity contribution in [3.05, 3.63) is 12.2 Å². The molecule has 6 nitrogen and oxygen atoms in total. The van der Waals surface area contributed by atoms with Gasteiger partial charge in [-0.05, 0) is 32.1 Å². The van der Waals surface area contributed by atoms with Crippen LogP contribution in [0.4, 0.5) is 0 Å². The van der Waals surface area contributed by atoms with Gasteiger partial charge in [-0.1, -0.05) is 321 Å². The van der Waals surface area contributed by atoms with Gasteiger partial charge in [-0.15, -0.1) is 0 Å². The number of hydrogen-bond donors (Lipinski definition) is 3. The number of hydrogen-bond acceptors (Lipinski definition) is 5. The second-order valence-corrected chi connectivity index (χ2v) is 21.8. The van der Waals surface area contributed by atoms with Gasteiger partial charge in [0, 0.05) is 12.8 Å². The highest BCUT2D eigenvalue weighted by molar-refractivity contribution is 5.76. The fourth-order valence-electron chi connectivity index (χ4n) is 9.99. The van der Waals surface area contributed by atoms with E-state index in [9.17, 15) is 19.8 Å². The van der Waals surface area contributed by atoms with Crippen LogP contribution in [0.15, 0.2) is 12.2 Å². The lowest BCUT2D eigenvalue weighted by Gasteiger charge is -2.20. The normalized spacial score (nSPS) is 12.6. The summed E-state index contributed by atoms with van der Waals surface area (Å²) in [6.07, 6.45) is 71.0. The first kappa shape index (κ1) is 67.6. The summed E-state index contributed by atoms with van der Waals surface area (Å²) in [6, 6.07) is -0.630. The summed E-state index contributed by atoms with van der Waals surface area (Å²) < 4.78 is 5.49. The average molecular weight is 975 g/mol. The molecule has 0 fully saturated rings. The number of aliphatic hydroxyl groups excluding tert-OH is 2. The average Bonchev–Trinajstić information content (AvgIpc) is 3.35. The molecule has 0 heterocycles. The number of rotatable bonds is 59. The van der Waals surface area contributed by atoms with Crippen molar-refractivity contribution in [2.75, 3.05) is 13.2 Å². The van der Waals surface area contributed by atoms with Gasteiger partial charge in [-0.2, -0.15) is 0 Å². The summed E-state index contributed by atoms with van der Waals surface area (Å²) in [5.74, 6) is -0.0578. The van der Waals surface area contributed by atoms with E-state index in [1.807, 2.05) is 6.08 Å². The Balaban J connectivity index is 3.41. The number of carbonyl (C=O) groups excluding carboxylic acids is 2. The minimum atomic E-state index is -0.847. The molecule has 0 radical (unpaired) electrons. The molecule has 0 aromatic carbocycles. The molecule has 0 rings (SSSR count). The maximum atomic E-state index is 12.5. The monoisotopic (exact) mass is 974 g/mol. The van der Waals surface area contributed by atoms with Crippen molar-refractivity contribution in [1.82, 2.24) is 5.32 Å². The van der Waals surface area contributed by atoms with Crippen molar-refractivity contribution in [2.45, 2.75) is 366 Å². The minimum Gasteiger partial charge on any atom is -0.466 e. The number of aliphatic hydroxyl groups is 2. The van der Waals surface area contributed by atoms with Crippen LogP contribution in [0, 0.1) is 0 Å². The summed E-state index contributed by atoms with van der Waals surface area (Å²) in [5.41, 5.74) is 0. The van der Waals surface area contributed by atoms with Crippen LogP contribution in [0.5, 0.6) is 0 Å². The molecule has 0 aliphatic heterocycles. The molecule has 69 heavy (non-hydrogen) atoms. The Hall–Kier alpha value is -1.40. The Morgan fingerprint density at radius 2 is 0.667 bits per heavy atom. The predicted molar refractivity (Wildman–Crippen MR) is 301 cm³/mol. The van der Waals surface area contributed by atoms with Gasteiger partial charge in [0.1, 0.15) is 0 Å². The molecule has 1 amide bonds. The molecule has 2 atom stereocenters. The van der Waals surface area contributed by atoms with Crippen molar-refractivity contribution in [3.8, 4) is 0 Å². The van der Waals surface area contributed by atoms with Crippen LogP contribution >= 0.6 is 0 Å². The van der Waals surface area contributed by atoms with E-state index in [1.165, 1.54) is 289 Å². The van der Waals surface area contributed by atoms with Crippen molar-refractivity contribution in [1.29, 1.82) is 0 Å². The van der Waals surface area contributed by atoms with E-state index < -0.39 is 12.1 Å². The number of carbonyl (C=O) groups is 2. The van der Waals surface area contributed by atoms with E-state index in [0.29, 0.717) is 19.4 Å². The molecule has 3 N–H and O–H groups in total. The van der Waals surface area contributed by atoms with Gasteiger partial charge in [0.25, 0.3) is 0 Å². The van der Waals surface area contributed by atoms with E-state index >= 15 is 0 Å². The summed E-state index contributed by atoms with van der Waals surface area (Å²) in [5, 5.41) is 23.2. The zero-order valence-corrected chi connectivity index (χ0v) is 46.8. The molecule has 0 saturated heterocycles. The van der Waals surface area contributed by atoms with Crippen molar-refractivity contribution in [2.24, 2.45) is 0 Å². The van der Waals surface area contributed by atoms with Crippen LogP contribution in [0.25, 0.3) is 0 Å². The van der Waals surface area contributed by atoms with Gasteiger partial charge >= 0.3 is 5.97 Å². The number of esters is 1. The molecular weight excluding hydrogens is 851 g/mol. The van der Waals surface area contributed by atoms with Gasteiger partial charge < -0.3 is 20.3 Å². The molecule has 0 aromatic heterocycles. The number of amides is 1. The largest absolute Gasteiger partial charge is 0.466 e. The zero-order chi connectivity index (χ0) is 50.0. The van der Waals surface area contributed by atoms with Crippen molar-refractivity contribution >= 4 is 11.9 Å². The number of nitrogens with one attached hydrogen (secondary N) is 1. The standard InChI is InChI=1S/C63H123NO5/c1-3-5-7-9-11-13-15-17-19-21-24-27-31-35-39-43-47-51-55-61(66)60(59-65)64-62(67)56-52-48-44-40-36-32-28-25-22-23-26-30-34-38-42-46-50-54-58-69-63(68)57-53-49-45-41-37-33-29-20-18-16-14-12-10-8-6-4-2/h51,55,60-61,65-66H,3-50,52-54,56-59H2,1-2H3,(H,64,67)/b55-51+. The Labute approximate surface area is 431 Å². The second kappa shape index (κ2) is 59.2. The maximum Gasteiger partial charge on any atom is 0.305 e. The number of allylic oxidation sites excluding steroid dienone is 1. The molecule has 0 bridgehead atoms. The third-order valence-electron chi connectivity index (χ3n) is 14.8. The Kier molecular flexibility index (Phi) is 58.0. The van der Waals surface area contributed by atoms with Gasteiger partial charge in [-0.25, -0.2) is 0 Å². The third-order valence-corrected chi connectivity index (χ3v) is 14.8. The van der Waals surface area contributed by atoms with E-state index in [4.69, 9.17) is 4.74 Å². The van der Waals surface area contributed by atoms with Crippen LogP contribution in [0.2, 0.25) is 0 Å². The van der Waals surface area contributed by atoms with Crippen LogP contribution in [-0.4, -0.2) is 47.4 Å². The Morgan fingerprint density at radius 3 is 0.986 bits per heavy atom. The van der Waals surface area contributed by atoms with Crippen LogP contribution in [0.3, 0.4) is 0 Å². The summed E-state index contributed by atoms with van der Waals surface area (Å²) >= 11 is 0. The minimum absolute atomic E-state index is 0.0108. The van der Waals surface area contributed by atoms with Crippen molar-refractivity contribution in [3.63, 3.8) is 0 Å². The molecular formula is C63H123NO5.